The van der Waals surface area contributed by atoms with Gasteiger partial charge in [0.05, 0.1) is 5.69 Å². The van der Waals surface area contributed by atoms with Crippen LogP contribution in [0.4, 0.5) is 0 Å². The number of aromatic nitrogens is 5. The van der Waals surface area contributed by atoms with Gasteiger partial charge >= 0.3 is 0 Å². The van der Waals surface area contributed by atoms with Gasteiger partial charge in [0.1, 0.15) is 17.3 Å². The Morgan fingerprint density at radius 2 is 2.12 bits per heavy atom. The van der Waals surface area contributed by atoms with E-state index < -0.39 is 0 Å². The molecule has 4 heterocycles. The molecule has 6 heteroatoms. The van der Waals surface area contributed by atoms with Gasteiger partial charge in [0.25, 0.3) is 0 Å². The van der Waals surface area contributed by atoms with Crippen LogP contribution in [0.2, 0.25) is 0 Å². The molecule has 6 nitrogen and oxygen atoms in total. The van der Waals surface area contributed by atoms with Crippen molar-refractivity contribution < 1.29 is 0 Å². The van der Waals surface area contributed by atoms with Crippen molar-refractivity contribution in [1.29, 1.82) is 0 Å². The molecule has 0 spiro atoms. The number of likely N-dealkylation sites (tertiary alicyclic amines) is 1. The molecule has 0 unspecified atom stereocenters. The fraction of sp³-hybridized carbons (Fsp3) is 0.500. The van der Waals surface area contributed by atoms with Gasteiger partial charge in [-0.2, -0.15) is 5.10 Å². The molecule has 0 saturated carbocycles. The van der Waals surface area contributed by atoms with E-state index >= 15 is 0 Å². The van der Waals surface area contributed by atoms with Crippen molar-refractivity contribution in [3.63, 3.8) is 0 Å². The Bertz CT molecular complexity index is 800. The zero-order valence-electron chi connectivity index (χ0n) is 14.4. The number of hydrogen-bond acceptors (Lipinski definition) is 4. The number of rotatable bonds is 4. The summed E-state index contributed by atoms with van der Waals surface area (Å²) in [5.74, 6) is 2.52. The summed E-state index contributed by atoms with van der Waals surface area (Å²) in [5.41, 5.74) is 2.17. The lowest BCUT2D eigenvalue weighted by Crippen LogP contribution is -2.37. The predicted molar refractivity (Wildman–Crippen MR) is 92.7 cm³/mol. The van der Waals surface area contributed by atoms with Crippen molar-refractivity contribution >= 4 is 5.65 Å². The van der Waals surface area contributed by atoms with Gasteiger partial charge < -0.3 is 4.40 Å². The van der Waals surface area contributed by atoms with Crippen LogP contribution >= 0.6 is 0 Å². The van der Waals surface area contributed by atoms with Gasteiger partial charge in [0.2, 0.25) is 0 Å². The molecule has 0 aliphatic carbocycles. The summed E-state index contributed by atoms with van der Waals surface area (Å²) in [4.78, 5) is 11.7. The Hall–Kier alpha value is -2.21. The zero-order valence-corrected chi connectivity index (χ0v) is 14.4. The van der Waals surface area contributed by atoms with Crippen molar-refractivity contribution in [2.45, 2.75) is 39.8 Å². The lowest BCUT2D eigenvalue weighted by Gasteiger charge is -2.32. The van der Waals surface area contributed by atoms with E-state index in [1.165, 1.54) is 12.8 Å². The molecule has 4 rings (SSSR count). The average molecular weight is 324 g/mol. The van der Waals surface area contributed by atoms with Crippen LogP contribution in [0.15, 0.2) is 30.6 Å². The largest absolute Gasteiger partial charge is 0.307 e. The van der Waals surface area contributed by atoms with Gasteiger partial charge in [-0.05, 0) is 51.3 Å². The lowest BCUT2D eigenvalue weighted by molar-refractivity contribution is 0.151. The van der Waals surface area contributed by atoms with Crippen LogP contribution in [-0.4, -0.2) is 42.1 Å². The monoisotopic (exact) mass is 324 g/mol. The van der Waals surface area contributed by atoms with Gasteiger partial charge in [-0.15, -0.1) is 0 Å². The molecule has 1 aliphatic heterocycles. The zero-order chi connectivity index (χ0) is 16.5. The molecular formula is C18H24N6. The van der Waals surface area contributed by atoms with Gasteiger partial charge in [0, 0.05) is 32.0 Å². The van der Waals surface area contributed by atoms with E-state index in [2.05, 4.69) is 42.5 Å². The van der Waals surface area contributed by atoms with Crippen molar-refractivity contribution in [2.75, 3.05) is 13.1 Å². The van der Waals surface area contributed by atoms with E-state index in [4.69, 9.17) is 4.98 Å². The van der Waals surface area contributed by atoms with Gasteiger partial charge in [0.15, 0.2) is 0 Å². The first-order valence-electron chi connectivity index (χ1n) is 8.70. The molecule has 1 atom stereocenters. The maximum absolute atomic E-state index is 4.73. The Morgan fingerprint density at radius 1 is 1.21 bits per heavy atom. The van der Waals surface area contributed by atoms with Gasteiger partial charge in [-0.3, -0.25) is 4.90 Å². The topological polar surface area (TPSA) is 51.2 Å². The molecule has 1 saturated heterocycles. The van der Waals surface area contributed by atoms with Crippen LogP contribution in [0.1, 0.15) is 30.2 Å². The van der Waals surface area contributed by atoms with Crippen molar-refractivity contribution in [3.8, 4) is 0 Å². The van der Waals surface area contributed by atoms with E-state index in [0.717, 1.165) is 49.2 Å². The molecule has 3 aromatic rings. The number of piperidine rings is 1. The van der Waals surface area contributed by atoms with E-state index in [1.54, 1.807) is 0 Å². The SMILES string of the molecule is Cc1nc(C)n(C[C@H]2CCCN(Cc3cn4ccccc4n3)C2)n1. The maximum atomic E-state index is 4.73. The van der Waals surface area contributed by atoms with Gasteiger partial charge in [-0.1, -0.05) is 6.07 Å². The summed E-state index contributed by atoms with van der Waals surface area (Å²) < 4.78 is 4.16. The third kappa shape index (κ3) is 3.19. The Morgan fingerprint density at radius 3 is 2.92 bits per heavy atom. The molecule has 126 valence electrons. The number of aryl methyl sites for hydroxylation is 2. The van der Waals surface area contributed by atoms with Crippen LogP contribution in [-0.2, 0) is 13.1 Å². The first-order valence-corrected chi connectivity index (χ1v) is 8.70. The summed E-state index contributed by atoms with van der Waals surface area (Å²) >= 11 is 0. The normalized spacial score (nSPS) is 19.2. The molecular weight excluding hydrogens is 300 g/mol. The molecule has 1 aliphatic rings. The summed E-state index contributed by atoms with van der Waals surface area (Å²) in [6, 6.07) is 6.13. The van der Waals surface area contributed by atoms with Crippen molar-refractivity contribution in [3.05, 3.63) is 47.9 Å². The molecule has 0 bridgehead atoms. The first-order chi connectivity index (χ1) is 11.7. The molecule has 1 fully saturated rings. The van der Waals surface area contributed by atoms with Crippen LogP contribution in [0.3, 0.4) is 0 Å². The highest BCUT2D eigenvalue weighted by atomic mass is 15.3. The van der Waals surface area contributed by atoms with E-state index in [9.17, 15) is 0 Å². The van der Waals surface area contributed by atoms with Crippen LogP contribution in [0.5, 0.6) is 0 Å². The van der Waals surface area contributed by atoms with Crippen molar-refractivity contribution in [1.82, 2.24) is 29.0 Å². The summed E-state index contributed by atoms with van der Waals surface area (Å²) in [6.07, 6.45) is 6.70. The molecule has 3 aromatic heterocycles. The van der Waals surface area contributed by atoms with Crippen LogP contribution in [0, 0.1) is 19.8 Å². The van der Waals surface area contributed by atoms with E-state index in [0.29, 0.717) is 5.92 Å². The molecule has 0 N–H and O–H groups in total. The second-order valence-electron chi connectivity index (χ2n) is 6.83. The Kier molecular flexibility index (Phi) is 4.06. The first kappa shape index (κ1) is 15.3. The fourth-order valence-corrected chi connectivity index (χ4v) is 3.72. The standard InChI is InChI=1S/C18H24N6/c1-14-19-15(2)24(21-14)11-16-6-5-8-22(10-16)12-17-13-23-9-4-3-7-18(23)20-17/h3-4,7,9,13,16H,5-6,8,10-12H2,1-2H3/t16-/m0/s1. The van der Waals surface area contributed by atoms with Crippen LogP contribution in [0.25, 0.3) is 5.65 Å². The molecule has 24 heavy (non-hydrogen) atoms. The molecule has 0 amide bonds. The minimum absolute atomic E-state index is 0.635. The Balaban J connectivity index is 1.42. The van der Waals surface area contributed by atoms with Gasteiger partial charge in [-0.25, -0.2) is 14.6 Å². The number of hydrogen-bond donors (Lipinski definition) is 0. The lowest BCUT2D eigenvalue weighted by atomic mass is 9.98. The average Bonchev–Trinajstić information content (AvgIpc) is 3.10. The third-order valence-corrected chi connectivity index (χ3v) is 4.80. The van der Waals surface area contributed by atoms with E-state index in [1.807, 2.05) is 26.0 Å². The van der Waals surface area contributed by atoms with E-state index in [-0.39, 0.29) is 0 Å². The highest BCUT2D eigenvalue weighted by Gasteiger charge is 2.22. The molecule has 0 radical (unpaired) electrons. The molecule has 0 aromatic carbocycles. The summed E-state index contributed by atoms with van der Waals surface area (Å²) in [6.45, 7) is 8.14. The summed E-state index contributed by atoms with van der Waals surface area (Å²) in [5, 5.41) is 4.51. The maximum Gasteiger partial charge on any atom is 0.147 e. The Labute approximate surface area is 142 Å². The number of imidazole rings is 1. The predicted octanol–water partition coefficient (Wildman–Crippen LogP) is 2.45. The van der Waals surface area contributed by atoms with Crippen LogP contribution < -0.4 is 0 Å². The fourth-order valence-electron chi connectivity index (χ4n) is 3.72. The number of nitrogens with zero attached hydrogens (tertiary/aromatic N) is 6. The minimum Gasteiger partial charge on any atom is -0.307 e. The number of pyridine rings is 1. The van der Waals surface area contributed by atoms with Crippen molar-refractivity contribution in [2.24, 2.45) is 5.92 Å². The third-order valence-electron chi connectivity index (χ3n) is 4.80. The highest BCUT2D eigenvalue weighted by molar-refractivity contribution is 5.39. The highest BCUT2D eigenvalue weighted by Crippen LogP contribution is 2.20. The second kappa shape index (κ2) is 6.36. The minimum atomic E-state index is 0.635. The number of fused-ring (bicyclic) bond motifs is 1. The quantitative estimate of drug-likeness (QED) is 0.740. The summed E-state index contributed by atoms with van der Waals surface area (Å²) in [7, 11) is 0. The second-order valence-corrected chi connectivity index (χ2v) is 6.83. The smallest absolute Gasteiger partial charge is 0.147 e.